The van der Waals surface area contributed by atoms with Crippen molar-refractivity contribution in [1.82, 2.24) is 5.43 Å². The fourth-order valence-electron chi connectivity index (χ4n) is 1.88. The molecule has 2 unspecified atom stereocenters. The molecule has 7 heteroatoms. The summed E-state index contributed by atoms with van der Waals surface area (Å²) in [7, 11) is 0. The normalized spacial score (nSPS) is 21.9. The van der Waals surface area contributed by atoms with E-state index in [2.05, 4.69) is 21.4 Å². The molecule has 1 heterocycles. The Hall–Kier alpha value is 0.540. The van der Waals surface area contributed by atoms with Crippen LogP contribution >= 0.6 is 51.1 Å². The molecule has 2 atom stereocenters. The molecule has 0 radical (unpaired) electrons. The Labute approximate surface area is 128 Å². The molecule has 0 bridgehead atoms. The highest BCUT2D eigenvalue weighted by molar-refractivity contribution is 9.10. The number of nitrogens with two attached hydrogens (primary N) is 1. The maximum Gasteiger partial charge on any atom is 0.147 e. The first-order valence-corrected chi connectivity index (χ1v) is 8.81. The van der Waals surface area contributed by atoms with Crippen molar-refractivity contribution < 1.29 is 4.39 Å². The third-order valence-electron chi connectivity index (χ3n) is 2.79. The van der Waals surface area contributed by atoms with Gasteiger partial charge in [0.05, 0.1) is 11.1 Å². The standard InChI is InChI=1S/C11H13BrClFN2S2/c12-7-2-1-6(10(14)9(7)13)11(16-15)8-5-17-3-4-18-8/h1-2,8,11,16H,3-5,15H2. The van der Waals surface area contributed by atoms with E-state index in [1.54, 1.807) is 12.1 Å². The first kappa shape index (κ1) is 14.9. The van der Waals surface area contributed by atoms with Crippen molar-refractivity contribution in [3.05, 3.63) is 33.0 Å². The lowest BCUT2D eigenvalue weighted by Gasteiger charge is -2.29. The van der Waals surface area contributed by atoms with Crippen LogP contribution in [0.1, 0.15) is 11.6 Å². The minimum Gasteiger partial charge on any atom is -0.271 e. The van der Waals surface area contributed by atoms with Gasteiger partial charge in [0.2, 0.25) is 0 Å². The Morgan fingerprint density at radius 1 is 1.50 bits per heavy atom. The van der Waals surface area contributed by atoms with Gasteiger partial charge in [0.1, 0.15) is 5.82 Å². The summed E-state index contributed by atoms with van der Waals surface area (Å²) in [6, 6.07) is 3.27. The number of halogens is 3. The van der Waals surface area contributed by atoms with Crippen molar-refractivity contribution in [2.45, 2.75) is 11.3 Å². The zero-order chi connectivity index (χ0) is 13.1. The summed E-state index contributed by atoms with van der Waals surface area (Å²) >= 11 is 12.8. The molecule has 1 aliphatic heterocycles. The largest absolute Gasteiger partial charge is 0.271 e. The molecule has 1 aromatic rings. The number of hydrogen-bond acceptors (Lipinski definition) is 4. The van der Waals surface area contributed by atoms with Crippen LogP contribution in [0.3, 0.4) is 0 Å². The Morgan fingerprint density at radius 3 is 2.89 bits per heavy atom. The zero-order valence-corrected chi connectivity index (χ0v) is 13.4. The van der Waals surface area contributed by atoms with Gasteiger partial charge in [-0.1, -0.05) is 17.7 Å². The van der Waals surface area contributed by atoms with E-state index in [1.165, 1.54) is 0 Å². The van der Waals surface area contributed by atoms with Gasteiger partial charge in [0, 0.05) is 32.5 Å². The molecule has 1 fully saturated rings. The second-order valence-corrected chi connectivity index (χ2v) is 7.62. The van der Waals surface area contributed by atoms with Crippen molar-refractivity contribution in [3.63, 3.8) is 0 Å². The molecule has 1 saturated heterocycles. The second-order valence-electron chi connectivity index (χ2n) is 3.89. The fraction of sp³-hybridized carbons (Fsp3) is 0.455. The number of hydrazine groups is 1. The van der Waals surface area contributed by atoms with Gasteiger partial charge in [0.15, 0.2) is 0 Å². The Morgan fingerprint density at radius 2 is 2.28 bits per heavy atom. The molecule has 2 nitrogen and oxygen atoms in total. The molecular formula is C11H13BrClFN2S2. The first-order chi connectivity index (χ1) is 8.65. The van der Waals surface area contributed by atoms with Crippen molar-refractivity contribution >= 4 is 51.1 Å². The molecular weight excluding hydrogens is 359 g/mol. The zero-order valence-electron chi connectivity index (χ0n) is 9.46. The van der Waals surface area contributed by atoms with E-state index in [-0.39, 0.29) is 16.3 Å². The summed E-state index contributed by atoms with van der Waals surface area (Å²) in [5.74, 6) is 8.38. The quantitative estimate of drug-likeness (QED) is 0.484. The molecule has 1 aliphatic rings. The maximum absolute atomic E-state index is 14.2. The van der Waals surface area contributed by atoms with Crippen molar-refractivity contribution in [2.24, 2.45) is 5.84 Å². The van der Waals surface area contributed by atoms with Gasteiger partial charge in [-0.3, -0.25) is 11.3 Å². The summed E-state index contributed by atoms with van der Waals surface area (Å²) in [6.45, 7) is 0. The third-order valence-corrected chi connectivity index (χ3v) is 6.92. The van der Waals surface area contributed by atoms with E-state index >= 15 is 0 Å². The minimum atomic E-state index is -0.398. The van der Waals surface area contributed by atoms with E-state index in [1.807, 2.05) is 23.5 Å². The summed E-state index contributed by atoms with van der Waals surface area (Å²) in [5.41, 5.74) is 3.26. The topological polar surface area (TPSA) is 38.0 Å². The average molecular weight is 372 g/mol. The van der Waals surface area contributed by atoms with E-state index in [4.69, 9.17) is 17.4 Å². The molecule has 0 amide bonds. The molecule has 100 valence electrons. The van der Waals surface area contributed by atoms with Crippen LogP contribution in [0.5, 0.6) is 0 Å². The number of hydrogen-bond donors (Lipinski definition) is 2. The fourth-order valence-corrected chi connectivity index (χ4v) is 5.20. The van der Waals surface area contributed by atoms with Crippen LogP contribution < -0.4 is 11.3 Å². The predicted molar refractivity (Wildman–Crippen MR) is 82.7 cm³/mol. The maximum atomic E-state index is 14.2. The smallest absolute Gasteiger partial charge is 0.147 e. The minimum absolute atomic E-state index is 0.112. The van der Waals surface area contributed by atoms with E-state index < -0.39 is 5.82 Å². The van der Waals surface area contributed by atoms with Gasteiger partial charge in [-0.15, -0.1) is 0 Å². The first-order valence-electron chi connectivity index (χ1n) is 5.44. The molecule has 0 aliphatic carbocycles. The van der Waals surface area contributed by atoms with Crippen molar-refractivity contribution in [2.75, 3.05) is 17.3 Å². The third kappa shape index (κ3) is 3.16. The molecule has 0 spiro atoms. The van der Waals surface area contributed by atoms with E-state index in [0.717, 1.165) is 17.3 Å². The van der Waals surface area contributed by atoms with Gasteiger partial charge >= 0.3 is 0 Å². The molecule has 3 N–H and O–H groups in total. The van der Waals surface area contributed by atoms with Crippen molar-refractivity contribution in [1.29, 1.82) is 0 Å². The number of thioether (sulfide) groups is 2. The number of benzene rings is 1. The van der Waals surface area contributed by atoms with Crippen LogP contribution in [0.25, 0.3) is 0 Å². The Balaban J connectivity index is 2.29. The van der Waals surface area contributed by atoms with Crippen LogP contribution in [-0.2, 0) is 0 Å². The molecule has 0 aromatic heterocycles. The van der Waals surface area contributed by atoms with Crippen molar-refractivity contribution in [3.8, 4) is 0 Å². The van der Waals surface area contributed by atoms with Crippen LogP contribution in [0.4, 0.5) is 4.39 Å². The average Bonchev–Trinajstić information content (AvgIpc) is 2.41. The molecule has 1 aromatic carbocycles. The van der Waals surface area contributed by atoms with Crippen LogP contribution in [0, 0.1) is 5.82 Å². The lowest BCUT2D eigenvalue weighted by atomic mass is 10.0. The monoisotopic (exact) mass is 370 g/mol. The van der Waals surface area contributed by atoms with Gasteiger partial charge < -0.3 is 0 Å². The number of rotatable bonds is 3. The van der Waals surface area contributed by atoms with Crippen LogP contribution in [0.15, 0.2) is 16.6 Å². The Kier molecular flexibility index (Phi) is 5.65. The Bertz CT molecular complexity index is 430. The number of nitrogens with one attached hydrogen (secondary N) is 1. The summed E-state index contributed by atoms with van der Waals surface area (Å²) in [5, 5.41) is 0.377. The second kappa shape index (κ2) is 6.81. The highest BCUT2D eigenvalue weighted by Crippen LogP contribution is 2.37. The summed E-state index contributed by atoms with van der Waals surface area (Å²) < 4.78 is 14.7. The summed E-state index contributed by atoms with van der Waals surface area (Å²) in [6.07, 6.45) is 0. The molecule has 0 saturated carbocycles. The summed E-state index contributed by atoms with van der Waals surface area (Å²) in [4.78, 5) is 0. The van der Waals surface area contributed by atoms with E-state index in [9.17, 15) is 4.39 Å². The lowest BCUT2D eigenvalue weighted by Crippen LogP contribution is -2.38. The molecule has 18 heavy (non-hydrogen) atoms. The predicted octanol–water partition coefficient (Wildman–Crippen LogP) is 3.59. The molecule has 2 rings (SSSR count). The van der Waals surface area contributed by atoms with Gasteiger partial charge in [-0.2, -0.15) is 23.5 Å². The van der Waals surface area contributed by atoms with Crippen LogP contribution in [0.2, 0.25) is 5.02 Å². The van der Waals surface area contributed by atoms with Gasteiger partial charge in [0.25, 0.3) is 0 Å². The van der Waals surface area contributed by atoms with Gasteiger partial charge in [-0.05, 0) is 22.0 Å². The SMILES string of the molecule is NNC(c1ccc(Br)c(Cl)c1F)C1CSCCS1. The lowest BCUT2D eigenvalue weighted by molar-refractivity contribution is 0.511. The van der Waals surface area contributed by atoms with E-state index in [0.29, 0.717) is 10.0 Å². The highest BCUT2D eigenvalue weighted by atomic mass is 79.9. The van der Waals surface area contributed by atoms with Crippen LogP contribution in [-0.4, -0.2) is 22.5 Å². The highest BCUT2D eigenvalue weighted by Gasteiger charge is 2.28. The van der Waals surface area contributed by atoms with Gasteiger partial charge in [-0.25, -0.2) is 4.39 Å².